The summed E-state index contributed by atoms with van der Waals surface area (Å²) in [6, 6.07) is 4.37. The molecule has 112 valence electrons. The fraction of sp³-hybridized carbons (Fsp3) is 0.533. The van der Waals surface area contributed by atoms with Crippen LogP contribution < -0.4 is 5.32 Å². The molecule has 1 aliphatic heterocycles. The molecule has 0 amide bonds. The third-order valence-electron chi connectivity index (χ3n) is 4.30. The number of halogens is 1. The number of benzene rings is 1. The maximum Gasteiger partial charge on any atom is 0.162 e. The Hall–Kier alpha value is -1.46. The van der Waals surface area contributed by atoms with Crippen molar-refractivity contribution in [2.24, 2.45) is 0 Å². The van der Waals surface area contributed by atoms with Crippen LogP contribution in [0.5, 0.6) is 0 Å². The van der Waals surface area contributed by atoms with Crippen LogP contribution in [0, 0.1) is 6.92 Å². The zero-order chi connectivity index (χ0) is 14.8. The molecule has 1 aromatic carbocycles. The second-order valence-corrected chi connectivity index (χ2v) is 6.09. The molecule has 0 aliphatic carbocycles. The fourth-order valence-corrected chi connectivity index (χ4v) is 3.22. The highest BCUT2D eigenvalue weighted by Crippen LogP contribution is 2.35. The van der Waals surface area contributed by atoms with E-state index < -0.39 is 0 Å². The Balaban J connectivity index is 2.02. The third-order valence-corrected chi connectivity index (χ3v) is 4.71. The highest BCUT2D eigenvalue weighted by atomic mass is 35.5. The maximum atomic E-state index is 6.37. The molecule has 1 aromatic heterocycles. The van der Waals surface area contributed by atoms with Crippen LogP contribution in [0.15, 0.2) is 18.5 Å². The SMILES string of the molecule is Cc1cc(C(C)n2ncnn2)c(C2CCNCC2)cc1Cl. The number of aryl methyl sites for hydroxylation is 1. The lowest BCUT2D eigenvalue weighted by Gasteiger charge is -2.27. The first-order valence-electron chi connectivity index (χ1n) is 7.40. The second-order valence-electron chi connectivity index (χ2n) is 5.69. The molecule has 0 radical (unpaired) electrons. The van der Waals surface area contributed by atoms with Gasteiger partial charge in [0.25, 0.3) is 0 Å². The van der Waals surface area contributed by atoms with Crippen molar-refractivity contribution >= 4 is 11.6 Å². The third kappa shape index (κ3) is 2.94. The van der Waals surface area contributed by atoms with Crippen LogP contribution in [0.25, 0.3) is 0 Å². The molecule has 2 heterocycles. The quantitative estimate of drug-likeness (QED) is 0.947. The van der Waals surface area contributed by atoms with Gasteiger partial charge in [-0.2, -0.15) is 4.80 Å². The highest BCUT2D eigenvalue weighted by Gasteiger charge is 2.23. The monoisotopic (exact) mass is 305 g/mol. The van der Waals surface area contributed by atoms with Gasteiger partial charge in [0.15, 0.2) is 6.33 Å². The van der Waals surface area contributed by atoms with Crippen molar-refractivity contribution in [1.82, 2.24) is 25.5 Å². The van der Waals surface area contributed by atoms with E-state index in [2.05, 4.69) is 39.8 Å². The van der Waals surface area contributed by atoms with Gasteiger partial charge in [0.05, 0.1) is 6.04 Å². The summed E-state index contributed by atoms with van der Waals surface area (Å²) in [6.45, 7) is 6.27. The van der Waals surface area contributed by atoms with Crippen molar-refractivity contribution in [1.29, 1.82) is 0 Å². The van der Waals surface area contributed by atoms with Gasteiger partial charge in [-0.15, -0.1) is 10.2 Å². The fourth-order valence-electron chi connectivity index (χ4n) is 3.04. The standard InChI is InChI=1S/C15H20ClN5/c1-10-7-13(11(2)21-19-9-18-20-21)14(8-15(10)16)12-3-5-17-6-4-12/h7-9,11-12,17H,3-6H2,1-2H3. The van der Waals surface area contributed by atoms with Crippen molar-refractivity contribution < 1.29 is 0 Å². The maximum absolute atomic E-state index is 6.37. The molecule has 0 saturated carbocycles. The van der Waals surface area contributed by atoms with Gasteiger partial charge in [0.2, 0.25) is 0 Å². The summed E-state index contributed by atoms with van der Waals surface area (Å²) in [5.74, 6) is 0.547. The van der Waals surface area contributed by atoms with Crippen molar-refractivity contribution in [3.63, 3.8) is 0 Å². The predicted molar refractivity (Wildman–Crippen MR) is 82.7 cm³/mol. The van der Waals surface area contributed by atoms with Gasteiger partial charge < -0.3 is 5.32 Å². The minimum absolute atomic E-state index is 0.0633. The largest absolute Gasteiger partial charge is 0.317 e. The summed E-state index contributed by atoms with van der Waals surface area (Å²) in [4.78, 5) is 1.66. The summed E-state index contributed by atoms with van der Waals surface area (Å²) >= 11 is 6.37. The number of hydrogen-bond acceptors (Lipinski definition) is 4. The molecular weight excluding hydrogens is 286 g/mol. The zero-order valence-corrected chi connectivity index (χ0v) is 13.1. The Labute approximate surface area is 129 Å². The molecule has 1 atom stereocenters. The van der Waals surface area contributed by atoms with E-state index in [9.17, 15) is 0 Å². The average Bonchev–Trinajstić information content (AvgIpc) is 3.04. The molecule has 0 spiro atoms. The highest BCUT2D eigenvalue weighted by molar-refractivity contribution is 6.31. The van der Waals surface area contributed by atoms with Crippen molar-refractivity contribution in [2.75, 3.05) is 13.1 Å². The Bertz CT molecular complexity index is 605. The Morgan fingerprint density at radius 2 is 2.10 bits per heavy atom. The Kier molecular flexibility index (Phi) is 4.22. The number of aromatic nitrogens is 4. The summed E-state index contributed by atoms with van der Waals surface area (Å²) in [5, 5.41) is 16.3. The average molecular weight is 306 g/mol. The first kappa shape index (κ1) is 14.5. The van der Waals surface area contributed by atoms with Crippen LogP contribution in [0.3, 0.4) is 0 Å². The molecule has 1 saturated heterocycles. The van der Waals surface area contributed by atoms with E-state index in [4.69, 9.17) is 11.6 Å². The first-order valence-corrected chi connectivity index (χ1v) is 7.77. The Morgan fingerprint density at radius 1 is 1.33 bits per heavy atom. The van der Waals surface area contributed by atoms with Gasteiger partial charge in [-0.05, 0) is 73.7 Å². The lowest BCUT2D eigenvalue weighted by Crippen LogP contribution is -2.27. The van der Waals surface area contributed by atoms with Crippen LogP contribution in [0.4, 0.5) is 0 Å². The number of piperidine rings is 1. The van der Waals surface area contributed by atoms with Crippen LogP contribution in [-0.4, -0.2) is 33.3 Å². The number of rotatable bonds is 3. The van der Waals surface area contributed by atoms with Crippen molar-refractivity contribution in [2.45, 2.75) is 38.6 Å². The summed E-state index contributed by atoms with van der Waals surface area (Å²) < 4.78 is 0. The lowest BCUT2D eigenvalue weighted by atomic mass is 9.84. The van der Waals surface area contributed by atoms with Gasteiger partial charge >= 0.3 is 0 Å². The van der Waals surface area contributed by atoms with Crippen molar-refractivity contribution in [3.8, 4) is 0 Å². The summed E-state index contributed by atoms with van der Waals surface area (Å²) in [6.07, 6.45) is 3.76. The van der Waals surface area contributed by atoms with Crippen molar-refractivity contribution in [3.05, 3.63) is 40.2 Å². The van der Waals surface area contributed by atoms with Gasteiger partial charge in [-0.25, -0.2) is 0 Å². The molecule has 3 rings (SSSR count). The normalized spacial score (nSPS) is 17.9. The van der Waals surface area contributed by atoms with Crippen LogP contribution in [0.1, 0.15) is 48.4 Å². The minimum Gasteiger partial charge on any atom is -0.317 e. The van der Waals surface area contributed by atoms with Crippen LogP contribution in [0.2, 0.25) is 5.02 Å². The van der Waals surface area contributed by atoms with E-state index in [0.29, 0.717) is 5.92 Å². The molecule has 1 N–H and O–H groups in total. The summed E-state index contributed by atoms with van der Waals surface area (Å²) in [7, 11) is 0. The molecule has 2 aromatic rings. The predicted octanol–water partition coefficient (Wildman–Crippen LogP) is 2.71. The zero-order valence-electron chi connectivity index (χ0n) is 12.4. The molecule has 21 heavy (non-hydrogen) atoms. The van der Waals surface area contributed by atoms with E-state index >= 15 is 0 Å². The number of nitrogens with one attached hydrogen (secondary N) is 1. The first-order chi connectivity index (χ1) is 10.2. The molecule has 6 heteroatoms. The molecule has 0 bridgehead atoms. The van der Waals surface area contributed by atoms with E-state index in [0.717, 1.165) is 36.5 Å². The van der Waals surface area contributed by atoms with Gasteiger partial charge in [-0.1, -0.05) is 17.7 Å². The minimum atomic E-state index is 0.0633. The van der Waals surface area contributed by atoms with Gasteiger partial charge in [0, 0.05) is 5.02 Å². The molecule has 1 unspecified atom stereocenters. The number of hydrogen-bond donors (Lipinski definition) is 1. The Morgan fingerprint density at radius 3 is 2.76 bits per heavy atom. The van der Waals surface area contributed by atoms with E-state index in [1.54, 1.807) is 4.80 Å². The lowest BCUT2D eigenvalue weighted by molar-refractivity contribution is 0.441. The van der Waals surface area contributed by atoms with Gasteiger partial charge in [0.1, 0.15) is 0 Å². The second kappa shape index (κ2) is 6.12. The smallest absolute Gasteiger partial charge is 0.162 e. The molecule has 1 aliphatic rings. The van der Waals surface area contributed by atoms with E-state index in [1.807, 2.05) is 6.92 Å². The molecular formula is C15H20ClN5. The van der Waals surface area contributed by atoms with Crippen LogP contribution in [-0.2, 0) is 0 Å². The van der Waals surface area contributed by atoms with E-state index in [1.165, 1.54) is 17.5 Å². The van der Waals surface area contributed by atoms with Gasteiger partial charge in [-0.3, -0.25) is 0 Å². The summed E-state index contributed by atoms with van der Waals surface area (Å²) in [5.41, 5.74) is 3.68. The molecule has 1 fully saturated rings. The number of nitrogens with zero attached hydrogens (tertiary/aromatic N) is 4. The molecule has 5 nitrogen and oxygen atoms in total. The number of tetrazole rings is 1. The van der Waals surface area contributed by atoms with E-state index in [-0.39, 0.29) is 6.04 Å². The topological polar surface area (TPSA) is 55.6 Å². The van der Waals surface area contributed by atoms with Crippen LogP contribution >= 0.6 is 11.6 Å².